The largest absolute Gasteiger partial charge is 0.381 e. The monoisotopic (exact) mass is 311 g/mol. The third-order valence-corrected chi connectivity index (χ3v) is 4.10. The molecule has 0 bridgehead atoms. The lowest BCUT2D eigenvalue weighted by molar-refractivity contribution is 0.0238. The van der Waals surface area contributed by atoms with Gasteiger partial charge in [-0.25, -0.2) is 4.98 Å². The maximum absolute atomic E-state index is 12.3. The van der Waals surface area contributed by atoms with Gasteiger partial charge in [-0.05, 0) is 37.3 Å². The van der Waals surface area contributed by atoms with E-state index in [2.05, 4.69) is 22.5 Å². The zero-order chi connectivity index (χ0) is 15.3. The highest BCUT2D eigenvalue weighted by Gasteiger charge is 2.28. The van der Waals surface area contributed by atoms with Crippen molar-refractivity contribution in [1.82, 2.24) is 10.3 Å². The smallest absolute Gasteiger partial charge is 0.271 e. The number of aromatic nitrogens is 1. The van der Waals surface area contributed by atoms with Crippen LogP contribution in [0.5, 0.6) is 0 Å². The zero-order valence-corrected chi connectivity index (χ0v) is 13.3. The van der Waals surface area contributed by atoms with E-state index in [1.165, 1.54) is 0 Å². The number of hydrogen-bond donors (Lipinski definition) is 2. The number of amides is 1. The Bertz CT molecular complexity index is 502. The second-order valence-corrected chi connectivity index (χ2v) is 6.07. The number of carbonyl (C=O) groups excluding carboxylic acids is 1. The van der Waals surface area contributed by atoms with Crippen molar-refractivity contribution in [3.05, 3.63) is 22.8 Å². The Balaban J connectivity index is 2.01. The van der Waals surface area contributed by atoms with Crippen LogP contribution >= 0.6 is 11.6 Å². The summed E-state index contributed by atoms with van der Waals surface area (Å²) in [6.07, 6.45) is 1.90. The van der Waals surface area contributed by atoms with Gasteiger partial charge in [0.1, 0.15) is 11.5 Å². The molecule has 5 nitrogen and oxygen atoms in total. The quantitative estimate of drug-likeness (QED) is 0.877. The molecule has 1 aliphatic rings. The van der Waals surface area contributed by atoms with Crippen molar-refractivity contribution in [1.29, 1.82) is 0 Å². The highest BCUT2D eigenvalue weighted by Crippen LogP contribution is 2.28. The normalized spacial score (nSPS) is 17.3. The van der Waals surface area contributed by atoms with Crippen LogP contribution in [0.4, 0.5) is 5.82 Å². The van der Waals surface area contributed by atoms with Crippen LogP contribution in [0.25, 0.3) is 0 Å². The topological polar surface area (TPSA) is 63.2 Å². The first kappa shape index (κ1) is 16.0. The van der Waals surface area contributed by atoms with E-state index >= 15 is 0 Å². The molecule has 1 aliphatic heterocycles. The maximum atomic E-state index is 12.3. The fourth-order valence-electron chi connectivity index (χ4n) is 2.30. The molecule has 0 aromatic carbocycles. The number of halogens is 1. The molecular weight excluding hydrogens is 290 g/mol. The van der Waals surface area contributed by atoms with Crippen molar-refractivity contribution in [2.45, 2.75) is 26.7 Å². The van der Waals surface area contributed by atoms with Crippen LogP contribution in [0.2, 0.25) is 5.02 Å². The average Bonchev–Trinajstić information content (AvgIpc) is 2.48. The first-order valence-electron chi connectivity index (χ1n) is 7.30. The number of carbonyl (C=O) groups is 1. The number of nitrogens with one attached hydrogen (secondary N) is 2. The number of nitrogens with zero attached hydrogens (tertiary/aromatic N) is 1. The third kappa shape index (κ3) is 4.32. The molecule has 1 aromatic rings. The SMILES string of the molecule is CCNc1ccc(Cl)c(C(=O)NCC2(C)CCOCC2)n1. The molecule has 1 fully saturated rings. The summed E-state index contributed by atoms with van der Waals surface area (Å²) >= 11 is 6.08. The van der Waals surface area contributed by atoms with Gasteiger partial charge in [0, 0.05) is 26.3 Å². The predicted octanol–water partition coefficient (Wildman–Crippen LogP) is 2.71. The Hall–Kier alpha value is -1.33. The summed E-state index contributed by atoms with van der Waals surface area (Å²) in [5.41, 5.74) is 0.352. The molecule has 116 valence electrons. The molecule has 0 unspecified atom stereocenters. The molecule has 6 heteroatoms. The molecule has 1 aromatic heterocycles. The fraction of sp³-hybridized carbons (Fsp3) is 0.600. The van der Waals surface area contributed by atoms with Crippen LogP contribution in [0.1, 0.15) is 37.2 Å². The number of anilines is 1. The van der Waals surface area contributed by atoms with E-state index in [4.69, 9.17) is 16.3 Å². The van der Waals surface area contributed by atoms with Crippen LogP contribution in [0.3, 0.4) is 0 Å². The Labute approximate surface area is 130 Å². The minimum Gasteiger partial charge on any atom is -0.381 e. The summed E-state index contributed by atoms with van der Waals surface area (Å²) in [7, 11) is 0. The lowest BCUT2D eigenvalue weighted by atomic mass is 9.82. The van der Waals surface area contributed by atoms with Crippen molar-refractivity contribution in [3.63, 3.8) is 0 Å². The molecule has 21 heavy (non-hydrogen) atoms. The van der Waals surface area contributed by atoms with E-state index in [1.807, 2.05) is 6.92 Å². The first-order valence-corrected chi connectivity index (χ1v) is 7.68. The minimum atomic E-state index is -0.229. The van der Waals surface area contributed by atoms with Crippen molar-refractivity contribution in [2.24, 2.45) is 5.41 Å². The third-order valence-electron chi connectivity index (χ3n) is 3.79. The van der Waals surface area contributed by atoms with Crippen LogP contribution in [0, 0.1) is 5.41 Å². The number of ether oxygens (including phenoxy) is 1. The van der Waals surface area contributed by atoms with Crippen molar-refractivity contribution in [2.75, 3.05) is 31.6 Å². The lowest BCUT2D eigenvalue weighted by Crippen LogP contribution is -2.39. The highest BCUT2D eigenvalue weighted by atomic mass is 35.5. The van der Waals surface area contributed by atoms with Gasteiger partial charge in [-0.1, -0.05) is 18.5 Å². The van der Waals surface area contributed by atoms with Crippen molar-refractivity contribution in [3.8, 4) is 0 Å². The second kappa shape index (κ2) is 7.09. The molecule has 2 rings (SSSR count). The molecule has 1 amide bonds. The summed E-state index contributed by atoms with van der Waals surface area (Å²) in [5.74, 6) is 0.428. The summed E-state index contributed by atoms with van der Waals surface area (Å²) < 4.78 is 5.36. The van der Waals surface area contributed by atoms with Gasteiger partial charge in [0.05, 0.1) is 5.02 Å². The van der Waals surface area contributed by atoms with Crippen molar-refractivity contribution < 1.29 is 9.53 Å². The molecule has 2 N–H and O–H groups in total. The van der Waals surface area contributed by atoms with Crippen molar-refractivity contribution >= 4 is 23.3 Å². The fourth-order valence-corrected chi connectivity index (χ4v) is 2.49. The molecule has 2 heterocycles. The van der Waals surface area contributed by atoms with Crippen LogP contribution in [-0.4, -0.2) is 37.2 Å². The van der Waals surface area contributed by atoms with E-state index in [9.17, 15) is 4.79 Å². The molecule has 0 spiro atoms. The van der Waals surface area contributed by atoms with Gasteiger partial charge in [0.2, 0.25) is 0 Å². The van der Waals surface area contributed by atoms with E-state index in [0.29, 0.717) is 17.4 Å². The van der Waals surface area contributed by atoms with Crippen LogP contribution < -0.4 is 10.6 Å². The average molecular weight is 312 g/mol. The minimum absolute atomic E-state index is 0.0830. The lowest BCUT2D eigenvalue weighted by Gasteiger charge is -2.33. The maximum Gasteiger partial charge on any atom is 0.271 e. The van der Waals surface area contributed by atoms with Gasteiger partial charge in [-0.3, -0.25) is 4.79 Å². The van der Waals surface area contributed by atoms with Gasteiger partial charge in [-0.2, -0.15) is 0 Å². The predicted molar refractivity (Wildman–Crippen MR) is 83.9 cm³/mol. The second-order valence-electron chi connectivity index (χ2n) is 5.66. The number of rotatable bonds is 5. The van der Waals surface area contributed by atoms with E-state index < -0.39 is 0 Å². The molecule has 0 radical (unpaired) electrons. The van der Waals surface area contributed by atoms with E-state index in [1.54, 1.807) is 12.1 Å². The molecular formula is C15H22ClN3O2. The van der Waals surface area contributed by atoms with Gasteiger partial charge < -0.3 is 15.4 Å². The summed E-state index contributed by atoms with van der Waals surface area (Å²) in [6, 6.07) is 3.46. The Morgan fingerprint density at radius 1 is 1.43 bits per heavy atom. The molecule has 0 saturated carbocycles. The molecule has 0 atom stereocenters. The van der Waals surface area contributed by atoms with E-state index in [0.717, 1.165) is 32.6 Å². The number of hydrogen-bond acceptors (Lipinski definition) is 4. The Morgan fingerprint density at radius 2 is 2.14 bits per heavy atom. The Kier molecular flexibility index (Phi) is 5.42. The summed E-state index contributed by atoms with van der Waals surface area (Å²) in [6.45, 7) is 7.00. The molecule has 0 aliphatic carbocycles. The zero-order valence-electron chi connectivity index (χ0n) is 12.5. The Morgan fingerprint density at radius 3 is 2.81 bits per heavy atom. The molecule has 1 saturated heterocycles. The standard InChI is InChI=1S/C15H22ClN3O2/c1-3-17-12-5-4-11(16)13(19-12)14(20)18-10-15(2)6-8-21-9-7-15/h4-5H,3,6-10H2,1-2H3,(H,17,19)(H,18,20). The van der Waals surface area contributed by atoms with Gasteiger partial charge in [-0.15, -0.1) is 0 Å². The van der Waals surface area contributed by atoms with E-state index in [-0.39, 0.29) is 17.0 Å². The number of pyridine rings is 1. The highest BCUT2D eigenvalue weighted by molar-refractivity contribution is 6.33. The van der Waals surface area contributed by atoms with Crippen LogP contribution in [-0.2, 0) is 4.74 Å². The summed E-state index contributed by atoms with van der Waals surface area (Å²) in [4.78, 5) is 16.6. The van der Waals surface area contributed by atoms with Gasteiger partial charge in [0.25, 0.3) is 5.91 Å². The van der Waals surface area contributed by atoms with Gasteiger partial charge in [0.15, 0.2) is 0 Å². The van der Waals surface area contributed by atoms with Crippen LogP contribution in [0.15, 0.2) is 12.1 Å². The van der Waals surface area contributed by atoms with Gasteiger partial charge >= 0.3 is 0 Å². The first-order chi connectivity index (χ1) is 10.0. The summed E-state index contributed by atoms with van der Waals surface area (Å²) in [5, 5.41) is 6.39.